The van der Waals surface area contributed by atoms with Gasteiger partial charge in [-0.05, 0) is 24.3 Å². The quantitative estimate of drug-likeness (QED) is 0.465. The van der Waals surface area contributed by atoms with Crippen LogP contribution in [0.2, 0.25) is 0 Å². The largest absolute Gasteiger partial charge is 0.414 e. The first-order valence-electron chi connectivity index (χ1n) is 7.99. The molecule has 8 nitrogen and oxygen atoms in total. The molecule has 0 atom stereocenters. The van der Waals surface area contributed by atoms with E-state index < -0.39 is 0 Å². The van der Waals surface area contributed by atoms with Crippen LogP contribution in [0.15, 0.2) is 69.5 Å². The fourth-order valence-electron chi connectivity index (χ4n) is 2.41. The zero-order valence-corrected chi connectivity index (χ0v) is 14.5. The van der Waals surface area contributed by atoms with E-state index in [0.29, 0.717) is 33.6 Å². The first-order valence-corrected chi connectivity index (χ1v) is 8.80. The van der Waals surface area contributed by atoms with Crippen LogP contribution in [0.5, 0.6) is 0 Å². The summed E-state index contributed by atoms with van der Waals surface area (Å²) in [6.45, 7) is 0. The summed E-state index contributed by atoms with van der Waals surface area (Å²) in [5.41, 5.74) is 1.68. The van der Waals surface area contributed by atoms with Gasteiger partial charge >= 0.3 is 0 Å². The van der Waals surface area contributed by atoms with Gasteiger partial charge in [0.25, 0.3) is 11.8 Å². The molecule has 0 aliphatic rings. The van der Waals surface area contributed by atoms with Gasteiger partial charge in [-0.3, -0.25) is 0 Å². The molecule has 3 heterocycles. The van der Waals surface area contributed by atoms with Crippen molar-refractivity contribution in [2.75, 3.05) is 0 Å². The maximum Gasteiger partial charge on any atom is 0.279 e. The third-order valence-corrected chi connectivity index (χ3v) is 4.58. The van der Waals surface area contributed by atoms with E-state index in [2.05, 4.69) is 30.6 Å². The molecule has 2 aromatic carbocycles. The summed E-state index contributed by atoms with van der Waals surface area (Å²) >= 11 is 1.24. The second kappa shape index (κ2) is 6.54. The maximum atomic E-state index is 5.70. The van der Waals surface area contributed by atoms with E-state index in [1.165, 1.54) is 11.3 Å². The van der Waals surface area contributed by atoms with Crippen LogP contribution >= 0.6 is 11.3 Å². The third kappa shape index (κ3) is 3.00. The fraction of sp³-hybridized carbons (Fsp3) is 0. The van der Waals surface area contributed by atoms with Crippen LogP contribution in [0.25, 0.3) is 44.7 Å². The molecule has 5 rings (SSSR count). The van der Waals surface area contributed by atoms with Gasteiger partial charge in [0.15, 0.2) is 0 Å². The molecule has 5 aromatic rings. The predicted molar refractivity (Wildman–Crippen MR) is 97.4 cm³/mol. The average Bonchev–Trinajstić information content (AvgIpc) is 3.49. The summed E-state index contributed by atoms with van der Waals surface area (Å²) in [5.74, 6) is 1.43. The Labute approximate surface area is 156 Å². The minimum absolute atomic E-state index is 0.292. The lowest BCUT2D eigenvalue weighted by atomic mass is 10.2. The van der Waals surface area contributed by atoms with Crippen LogP contribution < -0.4 is 0 Å². The molecule has 0 bridgehead atoms. The molecule has 0 fully saturated rings. The monoisotopic (exact) mass is 374 g/mol. The van der Waals surface area contributed by atoms with Crippen molar-refractivity contribution in [2.24, 2.45) is 0 Å². The number of nitrogens with zero attached hydrogens (tertiary/aromatic N) is 6. The van der Waals surface area contributed by atoms with E-state index >= 15 is 0 Å². The van der Waals surface area contributed by atoms with Crippen LogP contribution in [0.4, 0.5) is 0 Å². The molecule has 0 saturated heterocycles. The Hall–Kier alpha value is -3.72. The van der Waals surface area contributed by atoms with Crippen molar-refractivity contribution < 1.29 is 8.83 Å². The Morgan fingerprint density at radius 3 is 1.33 bits per heavy atom. The maximum absolute atomic E-state index is 5.70. The van der Waals surface area contributed by atoms with Gasteiger partial charge in [-0.2, -0.15) is 0 Å². The van der Waals surface area contributed by atoms with E-state index in [0.717, 1.165) is 11.1 Å². The molecule has 0 N–H and O–H groups in total. The van der Waals surface area contributed by atoms with Crippen molar-refractivity contribution in [3.63, 3.8) is 0 Å². The van der Waals surface area contributed by atoms with Crippen molar-refractivity contribution in [1.82, 2.24) is 30.6 Å². The Morgan fingerprint density at radius 2 is 0.889 bits per heavy atom. The van der Waals surface area contributed by atoms with Gasteiger partial charge in [0, 0.05) is 11.1 Å². The van der Waals surface area contributed by atoms with Crippen molar-refractivity contribution in [3.8, 4) is 44.7 Å². The average molecular weight is 374 g/mol. The molecule has 0 amide bonds. The Balaban J connectivity index is 1.42. The summed E-state index contributed by atoms with van der Waals surface area (Å²) < 4.78 is 11.4. The Morgan fingerprint density at radius 1 is 0.481 bits per heavy atom. The van der Waals surface area contributed by atoms with Crippen LogP contribution in [0.1, 0.15) is 0 Å². The number of hydrogen-bond acceptors (Lipinski definition) is 9. The van der Waals surface area contributed by atoms with Gasteiger partial charge in [-0.15, -0.1) is 30.6 Å². The lowest BCUT2D eigenvalue weighted by molar-refractivity contribution is 0.581. The smallest absolute Gasteiger partial charge is 0.279 e. The van der Waals surface area contributed by atoms with Crippen LogP contribution in [-0.4, -0.2) is 30.6 Å². The molecule has 0 saturated carbocycles. The molecule has 3 aromatic heterocycles. The van der Waals surface area contributed by atoms with E-state index in [9.17, 15) is 0 Å². The zero-order valence-electron chi connectivity index (χ0n) is 13.7. The molecular weight excluding hydrogens is 364 g/mol. The van der Waals surface area contributed by atoms with Crippen molar-refractivity contribution >= 4 is 11.3 Å². The molecular formula is C18H10N6O2S. The highest BCUT2D eigenvalue weighted by molar-refractivity contribution is 7.17. The number of rotatable bonds is 4. The SMILES string of the molecule is c1ccc(-c2nnc(-c3nnc(-c4nnc(-c5ccccc5)o4)s3)o2)cc1. The topological polar surface area (TPSA) is 104 Å². The van der Waals surface area contributed by atoms with E-state index in [-0.39, 0.29) is 0 Å². The number of benzene rings is 2. The fourth-order valence-corrected chi connectivity index (χ4v) is 3.10. The van der Waals surface area contributed by atoms with Gasteiger partial charge in [-0.1, -0.05) is 47.7 Å². The molecule has 0 aliphatic heterocycles. The molecule has 0 radical (unpaired) electrons. The highest BCUT2D eigenvalue weighted by atomic mass is 32.1. The summed E-state index contributed by atoms with van der Waals surface area (Å²) in [6.07, 6.45) is 0. The minimum Gasteiger partial charge on any atom is -0.414 e. The third-order valence-electron chi connectivity index (χ3n) is 3.68. The van der Waals surface area contributed by atoms with Gasteiger partial charge < -0.3 is 8.83 Å². The summed E-state index contributed by atoms with van der Waals surface area (Å²) in [7, 11) is 0. The molecule has 0 aliphatic carbocycles. The first-order chi connectivity index (χ1) is 13.4. The van der Waals surface area contributed by atoms with E-state index in [4.69, 9.17) is 8.83 Å². The van der Waals surface area contributed by atoms with Crippen molar-refractivity contribution in [2.45, 2.75) is 0 Å². The van der Waals surface area contributed by atoms with Crippen LogP contribution in [0, 0.1) is 0 Å². The zero-order chi connectivity index (χ0) is 18.1. The van der Waals surface area contributed by atoms with Gasteiger partial charge in [0.2, 0.25) is 21.8 Å². The lowest BCUT2D eigenvalue weighted by Gasteiger charge is -1.91. The Kier molecular flexibility index (Phi) is 3.76. The van der Waals surface area contributed by atoms with Crippen LogP contribution in [-0.2, 0) is 0 Å². The van der Waals surface area contributed by atoms with Crippen molar-refractivity contribution in [1.29, 1.82) is 0 Å². The number of aromatic nitrogens is 6. The molecule has 0 unspecified atom stereocenters. The summed E-state index contributed by atoms with van der Waals surface area (Å²) in [4.78, 5) is 0. The van der Waals surface area contributed by atoms with Crippen LogP contribution in [0.3, 0.4) is 0 Å². The number of hydrogen-bond donors (Lipinski definition) is 0. The van der Waals surface area contributed by atoms with E-state index in [1.54, 1.807) is 0 Å². The molecule has 9 heteroatoms. The Bertz CT molecular complexity index is 1090. The van der Waals surface area contributed by atoms with E-state index in [1.807, 2.05) is 60.7 Å². The van der Waals surface area contributed by atoms with Gasteiger partial charge in [0.1, 0.15) is 0 Å². The minimum atomic E-state index is 0.292. The van der Waals surface area contributed by atoms with Crippen molar-refractivity contribution in [3.05, 3.63) is 60.7 Å². The summed E-state index contributed by atoms with van der Waals surface area (Å²) in [6, 6.07) is 19.0. The summed E-state index contributed by atoms with van der Waals surface area (Å²) in [5, 5.41) is 25.4. The highest BCUT2D eigenvalue weighted by Gasteiger charge is 2.19. The molecule has 0 spiro atoms. The van der Waals surface area contributed by atoms with Gasteiger partial charge in [0.05, 0.1) is 0 Å². The molecule has 130 valence electrons. The predicted octanol–water partition coefficient (Wildman–Crippen LogP) is 3.97. The highest BCUT2D eigenvalue weighted by Crippen LogP contribution is 2.31. The molecule has 27 heavy (non-hydrogen) atoms. The normalized spacial score (nSPS) is 11.0. The standard InChI is InChI=1S/C18H10N6O2S/c1-3-7-11(8-4-1)13-19-21-15(25-13)17-23-24-18(27-17)16-22-20-14(26-16)12-9-5-2-6-10-12/h1-10H. The second-order valence-electron chi connectivity index (χ2n) is 5.47. The lowest BCUT2D eigenvalue weighted by Crippen LogP contribution is -1.77. The van der Waals surface area contributed by atoms with Gasteiger partial charge in [-0.25, -0.2) is 0 Å². The second-order valence-corrected chi connectivity index (χ2v) is 6.45. The first kappa shape index (κ1) is 15.5.